The van der Waals surface area contributed by atoms with Crippen LogP contribution in [0, 0.1) is 37.1 Å². The molecule has 0 nitrogen and oxygen atoms in total. The zero-order valence-electron chi connectivity index (χ0n) is 8.35. The number of hydrogen-bond acceptors (Lipinski definition) is 0. The van der Waals surface area contributed by atoms with E-state index < -0.39 is 0 Å². The molecule has 0 aliphatic heterocycles. The second kappa shape index (κ2) is 32.4. The Labute approximate surface area is 85.0 Å². The van der Waals surface area contributed by atoms with Gasteiger partial charge in [-0.3, -0.25) is 0 Å². The molecule has 1 radical (unpaired) electrons. The topological polar surface area (TPSA) is 0 Å². The maximum absolute atomic E-state index is 2.12. The van der Waals surface area contributed by atoms with Gasteiger partial charge in [0.1, 0.15) is 0 Å². The average molecular weight is 200 g/mol. The molecule has 0 aromatic heterocycles. The Balaban J connectivity index is -0.0000000104. The van der Waals surface area contributed by atoms with Crippen molar-refractivity contribution in [1.82, 2.24) is 0 Å². The van der Waals surface area contributed by atoms with Crippen LogP contribution in [0.25, 0.3) is 0 Å². The van der Waals surface area contributed by atoms with E-state index in [4.69, 9.17) is 0 Å². The van der Waals surface area contributed by atoms with Crippen molar-refractivity contribution in [3.63, 3.8) is 0 Å². The third-order valence-electron chi connectivity index (χ3n) is 0.655. The van der Waals surface area contributed by atoms with Crippen LogP contribution in [0.2, 0.25) is 0 Å². The molecule has 0 fully saturated rings. The largest absolute Gasteiger partial charge is 0.358 e. The smallest absolute Gasteiger partial charge is 0 e. The minimum Gasteiger partial charge on any atom is -0.358 e. The van der Waals surface area contributed by atoms with Crippen molar-refractivity contribution in [1.29, 1.82) is 0 Å². The molecule has 0 aromatic carbocycles. The van der Waals surface area contributed by atoms with Crippen LogP contribution in [0.5, 0.6) is 0 Å². The van der Waals surface area contributed by atoms with Gasteiger partial charge < -0.3 is 37.1 Å². The zero-order chi connectivity index (χ0) is 3.54. The van der Waals surface area contributed by atoms with Gasteiger partial charge in [0.05, 0.1) is 0 Å². The van der Waals surface area contributed by atoms with Gasteiger partial charge in [0.15, 0.2) is 0 Å². The van der Waals surface area contributed by atoms with Crippen LogP contribution in [0.4, 0.5) is 0 Å². The SMILES string of the molecule is C1=CCC=C1.[CH3-].[CH3-].[CH3-].[CH3-].[CH3-].[Co]. The van der Waals surface area contributed by atoms with Crippen molar-refractivity contribution in [2.24, 2.45) is 0 Å². The summed E-state index contributed by atoms with van der Waals surface area (Å²) in [6.07, 6.45) is 9.50. The van der Waals surface area contributed by atoms with Crippen LogP contribution in [-0.2, 0) is 16.8 Å². The molecule has 0 atom stereocenters. The van der Waals surface area contributed by atoms with Crippen LogP contribution < -0.4 is 0 Å². The molecule has 0 saturated heterocycles. The molecule has 1 heteroatoms. The maximum Gasteiger partial charge on any atom is 0 e. The Morgan fingerprint density at radius 2 is 0.909 bits per heavy atom. The van der Waals surface area contributed by atoms with Crippen LogP contribution in [0.3, 0.4) is 0 Å². The van der Waals surface area contributed by atoms with Crippen molar-refractivity contribution >= 4 is 0 Å². The number of rotatable bonds is 0. The van der Waals surface area contributed by atoms with Crippen molar-refractivity contribution in [2.45, 2.75) is 6.42 Å². The third-order valence-corrected chi connectivity index (χ3v) is 0.655. The van der Waals surface area contributed by atoms with E-state index in [-0.39, 0.29) is 53.9 Å². The first-order valence-electron chi connectivity index (χ1n) is 1.82. The molecule has 1 rings (SSSR count). The van der Waals surface area contributed by atoms with Gasteiger partial charge in [-0.25, -0.2) is 0 Å². The zero-order valence-corrected chi connectivity index (χ0v) is 9.39. The Morgan fingerprint density at radius 1 is 0.636 bits per heavy atom. The van der Waals surface area contributed by atoms with Gasteiger partial charge in [0.25, 0.3) is 0 Å². The van der Waals surface area contributed by atoms with E-state index in [0.717, 1.165) is 6.42 Å². The van der Waals surface area contributed by atoms with Gasteiger partial charge in [-0.05, 0) is 6.42 Å². The van der Waals surface area contributed by atoms with Gasteiger partial charge in [-0.2, -0.15) is 0 Å². The van der Waals surface area contributed by atoms with Gasteiger partial charge in [0, 0.05) is 16.8 Å². The van der Waals surface area contributed by atoms with Crippen molar-refractivity contribution < 1.29 is 16.8 Å². The summed E-state index contributed by atoms with van der Waals surface area (Å²) in [5.74, 6) is 0. The van der Waals surface area contributed by atoms with E-state index in [0.29, 0.717) is 0 Å². The molecule has 0 saturated carbocycles. The van der Waals surface area contributed by atoms with Gasteiger partial charge in [-0.1, -0.05) is 24.3 Å². The first-order valence-corrected chi connectivity index (χ1v) is 1.82. The number of allylic oxidation sites excluding steroid dienone is 4. The minimum absolute atomic E-state index is 0. The molecular weight excluding hydrogens is 179 g/mol. The molecule has 0 spiro atoms. The average Bonchev–Trinajstić information content (AvgIpc) is 1.76. The molecule has 0 heterocycles. The summed E-state index contributed by atoms with van der Waals surface area (Å²) in [6.45, 7) is 0. The number of hydrogen-bond donors (Lipinski definition) is 0. The van der Waals surface area contributed by atoms with Gasteiger partial charge in [0.2, 0.25) is 0 Å². The van der Waals surface area contributed by atoms with E-state index in [2.05, 4.69) is 24.3 Å². The molecule has 0 N–H and O–H groups in total. The molecule has 1 aliphatic rings. The Hall–Kier alpha value is -0.0135. The van der Waals surface area contributed by atoms with Gasteiger partial charge in [-0.15, -0.1) is 0 Å². The van der Waals surface area contributed by atoms with Crippen LogP contribution >= 0.6 is 0 Å². The van der Waals surface area contributed by atoms with Gasteiger partial charge >= 0.3 is 0 Å². The molecule has 0 aromatic rings. The molecule has 11 heavy (non-hydrogen) atoms. The summed E-state index contributed by atoms with van der Waals surface area (Å²) in [5, 5.41) is 0. The molecule has 0 bridgehead atoms. The normalized spacial score (nSPS) is 8.00. The Kier molecular flexibility index (Phi) is 130. The fraction of sp³-hybridized carbons (Fsp3) is 0.100. The molecule has 0 amide bonds. The van der Waals surface area contributed by atoms with E-state index in [1.807, 2.05) is 0 Å². The Morgan fingerprint density at radius 3 is 1.00 bits per heavy atom. The second-order valence-corrected chi connectivity index (χ2v) is 1.09. The maximum atomic E-state index is 2.12. The predicted molar refractivity (Wildman–Crippen MR) is 55.0 cm³/mol. The molecular formula is C10H21Co-5. The summed E-state index contributed by atoms with van der Waals surface area (Å²) < 4.78 is 0. The van der Waals surface area contributed by atoms with Crippen LogP contribution in [-0.4, -0.2) is 0 Å². The summed E-state index contributed by atoms with van der Waals surface area (Å²) >= 11 is 0. The van der Waals surface area contributed by atoms with Crippen LogP contribution in [0.15, 0.2) is 24.3 Å². The van der Waals surface area contributed by atoms with Crippen molar-refractivity contribution in [3.05, 3.63) is 61.4 Å². The summed E-state index contributed by atoms with van der Waals surface area (Å²) in [4.78, 5) is 0. The first-order chi connectivity index (χ1) is 2.50. The van der Waals surface area contributed by atoms with E-state index in [9.17, 15) is 0 Å². The Bertz CT molecular complexity index is 62.9. The van der Waals surface area contributed by atoms with E-state index in [1.165, 1.54) is 0 Å². The fourth-order valence-electron chi connectivity index (χ4n) is 0.393. The fourth-order valence-corrected chi connectivity index (χ4v) is 0.393. The summed E-state index contributed by atoms with van der Waals surface area (Å²) in [7, 11) is 0. The molecule has 1 aliphatic carbocycles. The third kappa shape index (κ3) is 25.6. The van der Waals surface area contributed by atoms with Crippen molar-refractivity contribution in [3.8, 4) is 0 Å². The first kappa shape index (κ1) is 44.1. The predicted octanol–water partition coefficient (Wildman–Crippen LogP) is 3.75. The standard InChI is InChI=1S/C5H6.5CH3.Co/c1-2-4-5-3-1;;;;;;/h1-4H,5H2;5*1H3;/q;5*-1;. The van der Waals surface area contributed by atoms with E-state index in [1.54, 1.807) is 0 Å². The minimum atomic E-state index is 0. The summed E-state index contributed by atoms with van der Waals surface area (Å²) in [5.41, 5.74) is 0. The molecule has 75 valence electrons. The second-order valence-electron chi connectivity index (χ2n) is 1.09. The van der Waals surface area contributed by atoms with Crippen LogP contribution in [0.1, 0.15) is 6.42 Å². The van der Waals surface area contributed by atoms with Crippen molar-refractivity contribution in [2.75, 3.05) is 0 Å². The quantitative estimate of drug-likeness (QED) is 0.522. The molecule has 0 unspecified atom stereocenters. The monoisotopic (exact) mass is 200 g/mol. The van der Waals surface area contributed by atoms with E-state index >= 15 is 0 Å². The summed E-state index contributed by atoms with van der Waals surface area (Å²) in [6, 6.07) is 0.